The lowest BCUT2D eigenvalue weighted by atomic mass is 10.2. The molecule has 0 spiro atoms. The number of aromatic nitrogens is 2. The van der Waals surface area contributed by atoms with Crippen LogP contribution in [-0.2, 0) is 11.3 Å². The van der Waals surface area contributed by atoms with Gasteiger partial charge in [-0.2, -0.15) is 0 Å². The summed E-state index contributed by atoms with van der Waals surface area (Å²) in [5, 5.41) is 8.92. The number of rotatable bonds is 4. The second-order valence-electron chi connectivity index (χ2n) is 4.93. The van der Waals surface area contributed by atoms with Gasteiger partial charge in [-0.1, -0.05) is 18.2 Å². The molecule has 0 saturated heterocycles. The quantitative estimate of drug-likeness (QED) is 0.726. The minimum atomic E-state index is -0.926. The number of hydrogen-bond donors (Lipinski definition) is 2. The molecule has 1 heterocycles. The van der Waals surface area contributed by atoms with Crippen LogP contribution in [-0.4, -0.2) is 20.6 Å². The fraction of sp³-hybridized carbons (Fsp3) is 0.125. The number of carboxylic acids is 1. The summed E-state index contributed by atoms with van der Waals surface area (Å²) in [6.45, 7) is 0.193. The first kappa shape index (κ1) is 14.1. The number of nitrogen functional groups attached to an aromatic ring is 1. The highest BCUT2D eigenvalue weighted by atomic mass is 19.1. The number of anilines is 1. The van der Waals surface area contributed by atoms with Gasteiger partial charge in [-0.05, 0) is 24.3 Å². The van der Waals surface area contributed by atoms with Crippen molar-refractivity contribution in [2.45, 2.75) is 13.0 Å². The van der Waals surface area contributed by atoms with Gasteiger partial charge in [0.25, 0.3) is 0 Å². The van der Waals surface area contributed by atoms with Crippen LogP contribution in [0.25, 0.3) is 22.4 Å². The van der Waals surface area contributed by atoms with E-state index in [0.717, 1.165) is 0 Å². The maximum absolute atomic E-state index is 14.1. The Bertz CT molecular complexity index is 858. The van der Waals surface area contributed by atoms with E-state index in [1.54, 1.807) is 41.0 Å². The van der Waals surface area contributed by atoms with Crippen molar-refractivity contribution in [3.8, 4) is 11.4 Å². The Labute approximate surface area is 125 Å². The van der Waals surface area contributed by atoms with Crippen molar-refractivity contribution in [1.82, 2.24) is 9.55 Å². The van der Waals surface area contributed by atoms with Crippen molar-refractivity contribution in [3.05, 3.63) is 48.3 Å². The Balaban J connectivity index is 2.24. The van der Waals surface area contributed by atoms with Crippen LogP contribution in [0.2, 0.25) is 0 Å². The molecule has 3 N–H and O–H groups in total. The first-order chi connectivity index (χ1) is 10.6. The van der Waals surface area contributed by atoms with E-state index < -0.39 is 11.8 Å². The molecule has 0 aliphatic rings. The Morgan fingerprint density at radius 2 is 2.00 bits per heavy atom. The van der Waals surface area contributed by atoms with Crippen LogP contribution in [0.3, 0.4) is 0 Å². The highest BCUT2D eigenvalue weighted by Crippen LogP contribution is 2.29. The molecule has 1 aromatic heterocycles. The number of nitrogens with two attached hydrogens (primary N) is 1. The summed E-state index contributed by atoms with van der Waals surface area (Å²) in [5.74, 6) is -0.953. The average molecular weight is 299 g/mol. The number of aliphatic carboxylic acids is 1. The minimum Gasteiger partial charge on any atom is -0.481 e. The molecular formula is C16H14FN3O2. The highest BCUT2D eigenvalue weighted by molar-refractivity contribution is 5.90. The molecule has 3 aromatic rings. The van der Waals surface area contributed by atoms with E-state index in [2.05, 4.69) is 4.98 Å². The number of para-hydroxylation sites is 1. The van der Waals surface area contributed by atoms with E-state index in [-0.39, 0.29) is 13.0 Å². The summed E-state index contributed by atoms with van der Waals surface area (Å²) in [6.07, 6.45) is -0.0816. The van der Waals surface area contributed by atoms with Gasteiger partial charge < -0.3 is 15.4 Å². The van der Waals surface area contributed by atoms with Crippen LogP contribution < -0.4 is 5.73 Å². The SMILES string of the molecule is Nc1cccc2c1nc(-c1ccccc1F)n2CCC(=O)O. The number of halogens is 1. The molecule has 0 atom stereocenters. The average Bonchev–Trinajstić information content (AvgIpc) is 2.85. The maximum Gasteiger partial charge on any atom is 0.305 e. The van der Waals surface area contributed by atoms with E-state index in [0.29, 0.717) is 28.1 Å². The Kier molecular flexibility index (Phi) is 3.50. The maximum atomic E-state index is 14.1. The summed E-state index contributed by atoms with van der Waals surface area (Å²) in [4.78, 5) is 15.3. The summed E-state index contributed by atoms with van der Waals surface area (Å²) in [5.41, 5.74) is 7.96. The highest BCUT2D eigenvalue weighted by Gasteiger charge is 2.17. The minimum absolute atomic E-state index is 0.0816. The van der Waals surface area contributed by atoms with Gasteiger partial charge >= 0.3 is 5.97 Å². The van der Waals surface area contributed by atoms with E-state index in [1.165, 1.54) is 6.07 Å². The van der Waals surface area contributed by atoms with Crippen molar-refractivity contribution >= 4 is 22.7 Å². The lowest BCUT2D eigenvalue weighted by Crippen LogP contribution is -2.06. The zero-order valence-electron chi connectivity index (χ0n) is 11.7. The zero-order chi connectivity index (χ0) is 15.7. The standard InChI is InChI=1S/C16H14FN3O2/c17-11-5-2-1-4-10(11)16-19-15-12(18)6-3-7-13(15)20(16)9-8-14(21)22/h1-7H,8-9,18H2,(H,21,22). The van der Waals surface area contributed by atoms with Gasteiger partial charge in [0.15, 0.2) is 0 Å². The molecule has 112 valence electrons. The monoisotopic (exact) mass is 299 g/mol. The fourth-order valence-corrected chi connectivity index (χ4v) is 2.45. The summed E-state index contributed by atoms with van der Waals surface area (Å²) in [7, 11) is 0. The van der Waals surface area contributed by atoms with Crippen molar-refractivity contribution in [1.29, 1.82) is 0 Å². The number of aryl methyl sites for hydroxylation is 1. The lowest BCUT2D eigenvalue weighted by molar-refractivity contribution is -0.137. The third-order valence-electron chi connectivity index (χ3n) is 3.47. The normalized spacial score (nSPS) is 11.0. The van der Waals surface area contributed by atoms with Crippen LogP contribution in [0.15, 0.2) is 42.5 Å². The molecule has 0 unspecified atom stereocenters. The summed E-state index contributed by atoms with van der Waals surface area (Å²) in [6, 6.07) is 11.5. The first-order valence-corrected chi connectivity index (χ1v) is 6.79. The Morgan fingerprint density at radius 1 is 1.23 bits per heavy atom. The van der Waals surface area contributed by atoms with Crippen molar-refractivity contribution in [2.75, 3.05) is 5.73 Å². The van der Waals surface area contributed by atoms with Crippen LogP contribution in [0.1, 0.15) is 6.42 Å². The van der Waals surface area contributed by atoms with Crippen molar-refractivity contribution < 1.29 is 14.3 Å². The Hall–Kier alpha value is -2.89. The fourth-order valence-electron chi connectivity index (χ4n) is 2.45. The number of carbonyl (C=O) groups is 1. The van der Waals surface area contributed by atoms with Crippen molar-refractivity contribution in [3.63, 3.8) is 0 Å². The van der Waals surface area contributed by atoms with Gasteiger partial charge in [-0.25, -0.2) is 9.37 Å². The number of nitrogens with zero attached hydrogens (tertiary/aromatic N) is 2. The molecule has 22 heavy (non-hydrogen) atoms. The van der Waals surface area contributed by atoms with E-state index in [1.807, 2.05) is 0 Å². The van der Waals surface area contributed by atoms with Gasteiger partial charge in [0.1, 0.15) is 17.2 Å². The predicted octanol–water partition coefficient (Wildman–Crippen LogP) is 2.90. The van der Waals surface area contributed by atoms with E-state index in [4.69, 9.17) is 10.8 Å². The smallest absolute Gasteiger partial charge is 0.305 e. The summed E-state index contributed by atoms with van der Waals surface area (Å²) < 4.78 is 15.8. The number of benzene rings is 2. The van der Waals surface area contributed by atoms with Crippen LogP contribution in [0, 0.1) is 5.82 Å². The largest absolute Gasteiger partial charge is 0.481 e. The van der Waals surface area contributed by atoms with Gasteiger partial charge in [-0.15, -0.1) is 0 Å². The molecule has 0 amide bonds. The Morgan fingerprint density at radius 3 is 2.73 bits per heavy atom. The van der Waals surface area contributed by atoms with E-state index >= 15 is 0 Å². The predicted molar refractivity (Wildman–Crippen MR) is 81.8 cm³/mol. The summed E-state index contributed by atoms with van der Waals surface area (Å²) >= 11 is 0. The third-order valence-corrected chi connectivity index (χ3v) is 3.47. The second kappa shape index (κ2) is 5.48. The first-order valence-electron chi connectivity index (χ1n) is 6.79. The number of hydrogen-bond acceptors (Lipinski definition) is 3. The molecule has 5 nitrogen and oxygen atoms in total. The van der Waals surface area contributed by atoms with Crippen LogP contribution >= 0.6 is 0 Å². The van der Waals surface area contributed by atoms with Gasteiger partial charge in [0.05, 0.1) is 23.2 Å². The molecule has 2 aromatic carbocycles. The van der Waals surface area contributed by atoms with Crippen LogP contribution in [0.4, 0.5) is 10.1 Å². The van der Waals surface area contributed by atoms with Crippen molar-refractivity contribution in [2.24, 2.45) is 0 Å². The number of carboxylic acid groups (broad SMARTS) is 1. The molecule has 3 rings (SSSR count). The molecule has 0 bridgehead atoms. The molecule has 0 fully saturated rings. The van der Waals surface area contributed by atoms with Gasteiger partial charge in [-0.3, -0.25) is 4.79 Å². The molecule has 0 saturated carbocycles. The lowest BCUT2D eigenvalue weighted by Gasteiger charge is -2.08. The molecule has 6 heteroatoms. The number of imidazole rings is 1. The molecule has 0 radical (unpaired) electrons. The molecule has 0 aliphatic heterocycles. The zero-order valence-corrected chi connectivity index (χ0v) is 11.7. The van der Waals surface area contributed by atoms with E-state index in [9.17, 15) is 9.18 Å². The van der Waals surface area contributed by atoms with Gasteiger partial charge in [0.2, 0.25) is 0 Å². The topological polar surface area (TPSA) is 81.1 Å². The molecule has 0 aliphatic carbocycles. The van der Waals surface area contributed by atoms with Crippen LogP contribution in [0.5, 0.6) is 0 Å². The second-order valence-corrected chi connectivity index (χ2v) is 4.93. The number of fused-ring (bicyclic) bond motifs is 1. The van der Waals surface area contributed by atoms with Gasteiger partial charge in [0, 0.05) is 6.54 Å². The third kappa shape index (κ3) is 2.39. The molecular weight excluding hydrogens is 285 g/mol.